The molecule has 1 spiro atoms. The molecule has 6 nitrogen and oxygen atoms in total. The monoisotopic (exact) mass is 305 g/mol. The molecule has 0 radical (unpaired) electrons. The van der Waals surface area contributed by atoms with Crippen LogP contribution < -0.4 is 14.2 Å². The van der Waals surface area contributed by atoms with Gasteiger partial charge in [-0.15, -0.1) is 0 Å². The quantitative estimate of drug-likeness (QED) is 0.912. The van der Waals surface area contributed by atoms with E-state index in [1.807, 2.05) is 29.2 Å². The number of fused-ring (bicyclic) bond motifs is 1. The van der Waals surface area contributed by atoms with E-state index >= 15 is 0 Å². The standard InChI is InChI=1S/C16H19NO5/c1-20-12-4-3-11-5-6-16(22-14(11)15(12)21-2)7-8-17(10-16)9-13(18)19/h3-6H,7-10H2,1-2H3,(H,18,19). The Morgan fingerprint density at radius 1 is 1.41 bits per heavy atom. The molecule has 0 aromatic heterocycles. The Morgan fingerprint density at radius 2 is 2.23 bits per heavy atom. The lowest BCUT2D eigenvalue weighted by Crippen LogP contribution is -2.40. The van der Waals surface area contributed by atoms with Gasteiger partial charge in [-0.25, -0.2) is 0 Å². The van der Waals surface area contributed by atoms with Crippen LogP contribution in [0.2, 0.25) is 0 Å². The van der Waals surface area contributed by atoms with Crippen molar-refractivity contribution in [2.24, 2.45) is 0 Å². The zero-order chi connectivity index (χ0) is 15.7. The summed E-state index contributed by atoms with van der Waals surface area (Å²) >= 11 is 0. The van der Waals surface area contributed by atoms with Crippen LogP contribution in [0, 0.1) is 0 Å². The van der Waals surface area contributed by atoms with Gasteiger partial charge in [0, 0.05) is 25.1 Å². The number of rotatable bonds is 4. The molecule has 118 valence electrons. The fraction of sp³-hybridized carbons (Fsp3) is 0.438. The second-order valence-electron chi connectivity index (χ2n) is 5.57. The van der Waals surface area contributed by atoms with Crippen molar-refractivity contribution in [1.29, 1.82) is 0 Å². The van der Waals surface area contributed by atoms with Crippen molar-refractivity contribution >= 4 is 12.0 Å². The highest BCUT2D eigenvalue weighted by Gasteiger charge is 2.41. The minimum Gasteiger partial charge on any atom is -0.493 e. The number of ether oxygens (including phenoxy) is 3. The molecule has 1 aromatic carbocycles. The zero-order valence-corrected chi connectivity index (χ0v) is 12.7. The smallest absolute Gasteiger partial charge is 0.317 e. The van der Waals surface area contributed by atoms with Gasteiger partial charge in [0.1, 0.15) is 5.60 Å². The van der Waals surface area contributed by atoms with Crippen molar-refractivity contribution in [3.05, 3.63) is 23.8 Å². The SMILES string of the molecule is COc1ccc2c(c1OC)OC1(C=C2)CCN(CC(=O)O)C1. The van der Waals surface area contributed by atoms with Crippen molar-refractivity contribution in [1.82, 2.24) is 4.90 Å². The summed E-state index contributed by atoms with van der Waals surface area (Å²) in [6.07, 6.45) is 4.77. The van der Waals surface area contributed by atoms with Crippen molar-refractivity contribution in [3.63, 3.8) is 0 Å². The van der Waals surface area contributed by atoms with E-state index in [0.29, 0.717) is 30.3 Å². The van der Waals surface area contributed by atoms with E-state index in [9.17, 15) is 4.79 Å². The van der Waals surface area contributed by atoms with E-state index in [4.69, 9.17) is 19.3 Å². The van der Waals surface area contributed by atoms with Gasteiger partial charge in [-0.3, -0.25) is 9.69 Å². The Balaban J connectivity index is 1.89. The van der Waals surface area contributed by atoms with Crippen molar-refractivity contribution in [2.75, 3.05) is 33.9 Å². The van der Waals surface area contributed by atoms with Crippen molar-refractivity contribution < 1.29 is 24.1 Å². The van der Waals surface area contributed by atoms with Crippen LogP contribution >= 0.6 is 0 Å². The normalized spacial score (nSPS) is 23.2. The number of nitrogens with zero attached hydrogens (tertiary/aromatic N) is 1. The molecule has 22 heavy (non-hydrogen) atoms. The van der Waals surface area contributed by atoms with Crippen LogP contribution in [-0.4, -0.2) is 55.4 Å². The highest BCUT2D eigenvalue weighted by atomic mass is 16.5. The number of hydrogen-bond acceptors (Lipinski definition) is 5. The van der Waals surface area contributed by atoms with Crippen molar-refractivity contribution in [3.8, 4) is 17.2 Å². The van der Waals surface area contributed by atoms with Gasteiger partial charge in [-0.05, 0) is 18.2 Å². The molecule has 1 N–H and O–H groups in total. The van der Waals surface area contributed by atoms with Gasteiger partial charge < -0.3 is 19.3 Å². The average Bonchev–Trinajstić information content (AvgIpc) is 2.87. The lowest BCUT2D eigenvalue weighted by Gasteiger charge is -2.32. The Hall–Kier alpha value is -2.21. The molecule has 3 rings (SSSR count). The maximum atomic E-state index is 10.9. The third-order valence-corrected chi connectivity index (χ3v) is 4.10. The van der Waals surface area contributed by atoms with Gasteiger partial charge in [0.15, 0.2) is 11.5 Å². The fourth-order valence-corrected chi connectivity index (χ4v) is 3.06. The first-order chi connectivity index (χ1) is 10.6. The Labute approximate surface area is 128 Å². The van der Waals surface area contributed by atoms with Crippen LogP contribution in [-0.2, 0) is 4.79 Å². The van der Waals surface area contributed by atoms with E-state index < -0.39 is 11.6 Å². The second kappa shape index (κ2) is 5.53. The molecule has 1 atom stereocenters. The van der Waals surface area contributed by atoms with Crippen molar-refractivity contribution in [2.45, 2.75) is 12.0 Å². The van der Waals surface area contributed by atoms with E-state index in [0.717, 1.165) is 12.0 Å². The Morgan fingerprint density at radius 3 is 2.91 bits per heavy atom. The molecular formula is C16H19NO5. The van der Waals surface area contributed by atoms with E-state index in [1.165, 1.54) is 0 Å². The van der Waals surface area contributed by atoms with Gasteiger partial charge in [0.2, 0.25) is 5.75 Å². The predicted molar refractivity (Wildman–Crippen MR) is 80.6 cm³/mol. The number of methoxy groups -OCH3 is 2. The zero-order valence-electron chi connectivity index (χ0n) is 12.7. The molecule has 2 heterocycles. The first-order valence-corrected chi connectivity index (χ1v) is 7.14. The third kappa shape index (κ3) is 2.50. The highest BCUT2D eigenvalue weighted by molar-refractivity contribution is 5.70. The van der Waals surface area contributed by atoms with E-state index in [1.54, 1.807) is 14.2 Å². The van der Waals surface area contributed by atoms with Crippen LogP contribution in [0.1, 0.15) is 12.0 Å². The number of aliphatic carboxylic acids is 1. The lowest BCUT2D eigenvalue weighted by molar-refractivity contribution is -0.138. The molecule has 1 fully saturated rings. The van der Waals surface area contributed by atoms with Gasteiger partial charge >= 0.3 is 5.97 Å². The molecule has 0 saturated carbocycles. The van der Waals surface area contributed by atoms with Gasteiger partial charge in [0.05, 0.1) is 20.8 Å². The molecule has 0 amide bonds. The first kappa shape index (κ1) is 14.7. The molecule has 1 aromatic rings. The minimum atomic E-state index is -0.823. The molecule has 1 unspecified atom stereocenters. The summed E-state index contributed by atoms with van der Waals surface area (Å²) in [5, 5.41) is 8.93. The summed E-state index contributed by atoms with van der Waals surface area (Å²) in [5.41, 5.74) is 0.433. The maximum absolute atomic E-state index is 10.9. The number of likely N-dealkylation sites (tertiary alicyclic amines) is 1. The summed E-state index contributed by atoms with van der Waals surface area (Å²) in [4.78, 5) is 12.8. The molecule has 1 saturated heterocycles. The van der Waals surface area contributed by atoms with E-state index in [-0.39, 0.29) is 6.54 Å². The summed E-state index contributed by atoms with van der Waals surface area (Å²) in [7, 11) is 3.17. The van der Waals surface area contributed by atoms with E-state index in [2.05, 4.69) is 0 Å². The highest BCUT2D eigenvalue weighted by Crippen LogP contribution is 2.46. The second-order valence-corrected chi connectivity index (χ2v) is 5.57. The van der Waals surface area contributed by atoms with Crippen LogP contribution in [0.3, 0.4) is 0 Å². The predicted octanol–water partition coefficient (Wildman–Crippen LogP) is 1.64. The number of carboxylic acids is 1. The molecule has 6 heteroatoms. The molecule has 2 aliphatic rings. The third-order valence-electron chi connectivity index (χ3n) is 4.10. The number of hydrogen-bond donors (Lipinski definition) is 1. The topological polar surface area (TPSA) is 68.2 Å². The maximum Gasteiger partial charge on any atom is 0.317 e. The Bertz CT molecular complexity index is 627. The van der Waals surface area contributed by atoms with Crippen LogP contribution in [0.15, 0.2) is 18.2 Å². The number of carbonyl (C=O) groups is 1. The fourth-order valence-electron chi connectivity index (χ4n) is 3.06. The van der Waals surface area contributed by atoms with Gasteiger partial charge in [-0.2, -0.15) is 0 Å². The first-order valence-electron chi connectivity index (χ1n) is 7.14. The summed E-state index contributed by atoms with van der Waals surface area (Å²) in [6.45, 7) is 1.27. The molecule has 0 aliphatic carbocycles. The summed E-state index contributed by atoms with van der Waals surface area (Å²) < 4.78 is 17.0. The van der Waals surface area contributed by atoms with Crippen LogP contribution in [0.25, 0.3) is 6.08 Å². The lowest BCUT2D eigenvalue weighted by atomic mass is 9.97. The molecular weight excluding hydrogens is 286 g/mol. The van der Waals surface area contributed by atoms with Gasteiger partial charge in [0.25, 0.3) is 0 Å². The number of benzene rings is 1. The van der Waals surface area contributed by atoms with Crippen LogP contribution in [0.5, 0.6) is 17.2 Å². The average molecular weight is 305 g/mol. The van der Waals surface area contributed by atoms with Crippen LogP contribution in [0.4, 0.5) is 0 Å². The molecule has 0 bridgehead atoms. The Kier molecular flexibility index (Phi) is 3.70. The minimum absolute atomic E-state index is 0.0288. The molecule has 2 aliphatic heterocycles. The number of carboxylic acid groups (broad SMARTS) is 1. The summed E-state index contributed by atoms with van der Waals surface area (Å²) in [6, 6.07) is 3.76. The summed E-state index contributed by atoms with van der Waals surface area (Å²) in [5.74, 6) is 1.02. The van der Waals surface area contributed by atoms with Gasteiger partial charge in [-0.1, -0.05) is 6.08 Å². The largest absolute Gasteiger partial charge is 0.493 e.